The zero-order valence-electron chi connectivity index (χ0n) is 10.3. The largest absolute Gasteiger partial charge is 0.377 e. The Kier molecular flexibility index (Phi) is 3.53. The third kappa shape index (κ3) is 2.86. The Balaban J connectivity index is 1.56. The minimum Gasteiger partial charge on any atom is -0.377 e. The van der Waals surface area contributed by atoms with Gasteiger partial charge in [0.05, 0.1) is 24.8 Å². The molecule has 0 radical (unpaired) electrons. The van der Waals surface area contributed by atoms with Crippen LogP contribution in [0.1, 0.15) is 18.4 Å². The van der Waals surface area contributed by atoms with Crippen LogP contribution in [0.4, 0.5) is 0 Å². The van der Waals surface area contributed by atoms with Gasteiger partial charge in [-0.1, -0.05) is 18.2 Å². The standard InChI is InChI=1S/C15H17NO2/c1-2-6-15-14(5-1)12(7-8-16-15)10-17-9-3-4-13-11-18-13/h1-2,5-8,13H,3-4,9-11H2. The second-order valence-electron chi connectivity index (χ2n) is 4.64. The molecule has 0 spiro atoms. The van der Waals surface area contributed by atoms with Crippen molar-refractivity contribution in [1.29, 1.82) is 0 Å². The minimum absolute atomic E-state index is 0.510. The number of hydrogen-bond donors (Lipinski definition) is 0. The van der Waals surface area contributed by atoms with E-state index in [-0.39, 0.29) is 0 Å². The van der Waals surface area contributed by atoms with Gasteiger partial charge in [-0.25, -0.2) is 0 Å². The lowest BCUT2D eigenvalue weighted by Crippen LogP contribution is -1.98. The lowest BCUT2D eigenvalue weighted by molar-refractivity contribution is 0.116. The first-order chi connectivity index (χ1) is 8.93. The van der Waals surface area contributed by atoms with E-state index in [1.54, 1.807) is 0 Å². The van der Waals surface area contributed by atoms with Crippen LogP contribution in [-0.2, 0) is 16.1 Å². The van der Waals surface area contributed by atoms with E-state index in [9.17, 15) is 0 Å². The average molecular weight is 243 g/mol. The fourth-order valence-electron chi connectivity index (χ4n) is 2.11. The Bertz CT molecular complexity index is 517. The van der Waals surface area contributed by atoms with E-state index in [0.717, 1.165) is 31.6 Å². The predicted molar refractivity (Wildman–Crippen MR) is 70.4 cm³/mol. The predicted octanol–water partition coefficient (Wildman–Crippen LogP) is 2.93. The summed E-state index contributed by atoms with van der Waals surface area (Å²) < 4.78 is 10.9. The number of epoxide rings is 1. The number of aromatic nitrogens is 1. The zero-order chi connectivity index (χ0) is 12.2. The molecule has 0 bridgehead atoms. The van der Waals surface area contributed by atoms with Crippen LogP contribution in [-0.4, -0.2) is 24.3 Å². The molecular formula is C15H17NO2. The first kappa shape index (κ1) is 11.6. The molecule has 94 valence electrons. The van der Waals surface area contributed by atoms with Gasteiger partial charge in [0, 0.05) is 18.2 Å². The molecule has 3 heteroatoms. The molecule has 18 heavy (non-hydrogen) atoms. The Morgan fingerprint density at radius 3 is 3.06 bits per heavy atom. The van der Waals surface area contributed by atoms with Crippen LogP contribution in [0.5, 0.6) is 0 Å². The number of hydrogen-bond acceptors (Lipinski definition) is 3. The highest BCUT2D eigenvalue weighted by atomic mass is 16.6. The van der Waals surface area contributed by atoms with Crippen molar-refractivity contribution in [3.05, 3.63) is 42.1 Å². The number of ether oxygens (including phenoxy) is 2. The summed E-state index contributed by atoms with van der Waals surface area (Å²) in [6, 6.07) is 10.2. The molecule has 1 aromatic carbocycles. The van der Waals surface area contributed by atoms with Gasteiger partial charge in [-0.05, 0) is 30.5 Å². The van der Waals surface area contributed by atoms with Crippen LogP contribution in [0.15, 0.2) is 36.5 Å². The van der Waals surface area contributed by atoms with Gasteiger partial charge < -0.3 is 9.47 Å². The van der Waals surface area contributed by atoms with Gasteiger partial charge in [-0.15, -0.1) is 0 Å². The van der Waals surface area contributed by atoms with Gasteiger partial charge >= 0.3 is 0 Å². The minimum atomic E-state index is 0.510. The second-order valence-corrected chi connectivity index (χ2v) is 4.64. The Morgan fingerprint density at radius 2 is 2.17 bits per heavy atom. The van der Waals surface area contributed by atoms with Gasteiger partial charge in [0.15, 0.2) is 0 Å². The fourth-order valence-corrected chi connectivity index (χ4v) is 2.11. The van der Waals surface area contributed by atoms with E-state index in [4.69, 9.17) is 9.47 Å². The van der Waals surface area contributed by atoms with Crippen molar-refractivity contribution in [2.24, 2.45) is 0 Å². The highest BCUT2D eigenvalue weighted by Gasteiger charge is 2.21. The van der Waals surface area contributed by atoms with Gasteiger partial charge in [0.1, 0.15) is 0 Å². The maximum atomic E-state index is 5.72. The number of nitrogens with zero attached hydrogens (tertiary/aromatic N) is 1. The summed E-state index contributed by atoms with van der Waals surface area (Å²) in [5.41, 5.74) is 2.24. The molecule has 3 rings (SSSR count). The molecule has 0 amide bonds. The summed E-state index contributed by atoms with van der Waals surface area (Å²) in [4.78, 5) is 4.35. The van der Waals surface area contributed by atoms with Crippen molar-refractivity contribution in [3.8, 4) is 0 Å². The molecule has 1 saturated heterocycles. The van der Waals surface area contributed by atoms with Crippen LogP contribution < -0.4 is 0 Å². The van der Waals surface area contributed by atoms with Crippen LogP contribution in [0, 0.1) is 0 Å². The maximum absolute atomic E-state index is 5.72. The first-order valence-corrected chi connectivity index (χ1v) is 6.45. The third-order valence-corrected chi connectivity index (χ3v) is 3.21. The molecule has 1 aliphatic rings. The molecule has 3 nitrogen and oxygen atoms in total. The first-order valence-electron chi connectivity index (χ1n) is 6.45. The van der Waals surface area contributed by atoms with Crippen molar-refractivity contribution in [2.45, 2.75) is 25.6 Å². The topological polar surface area (TPSA) is 34.6 Å². The fraction of sp³-hybridized carbons (Fsp3) is 0.400. The molecular weight excluding hydrogens is 226 g/mol. The van der Waals surface area contributed by atoms with E-state index >= 15 is 0 Å². The van der Waals surface area contributed by atoms with Crippen molar-refractivity contribution in [1.82, 2.24) is 4.98 Å². The van der Waals surface area contributed by atoms with Gasteiger partial charge in [-0.3, -0.25) is 4.98 Å². The van der Waals surface area contributed by atoms with E-state index in [1.807, 2.05) is 30.5 Å². The lowest BCUT2D eigenvalue weighted by Gasteiger charge is -2.06. The Labute approximate surface area is 107 Å². The smallest absolute Gasteiger partial charge is 0.0810 e. The molecule has 1 aliphatic heterocycles. The molecule has 0 saturated carbocycles. The molecule has 0 N–H and O–H groups in total. The summed E-state index contributed by atoms with van der Waals surface area (Å²) in [6.07, 6.45) is 4.56. The average Bonchev–Trinajstić information content (AvgIpc) is 3.23. The number of benzene rings is 1. The molecule has 1 fully saturated rings. The number of rotatable bonds is 6. The Morgan fingerprint density at radius 1 is 1.28 bits per heavy atom. The summed E-state index contributed by atoms with van der Waals surface area (Å²) in [5.74, 6) is 0. The van der Waals surface area contributed by atoms with Crippen molar-refractivity contribution >= 4 is 10.9 Å². The molecule has 0 aliphatic carbocycles. The van der Waals surface area contributed by atoms with E-state index in [2.05, 4.69) is 11.1 Å². The highest BCUT2D eigenvalue weighted by Crippen LogP contribution is 2.18. The highest BCUT2D eigenvalue weighted by molar-refractivity contribution is 5.81. The van der Waals surface area contributed by atoms with Crippen molar-refractivity contribution in [3.63, 3.8) is 0 Å². The number of fused-ring (bicyclic) bond motifs is 1. The van der Waals surface area contributed by atoms with E-state index < -0.39 is 0 Å². The second kappa shape index (κ2) is 5.46. The summed E-state index contributed by atoms with van der Waals surface area (Å²) in [6.45, 7) is 2.40. The SMILES string of the molecule is c1ccc2c(COCCCC3CO3)ccnc2c1. The van der Waals surface area contributed by atoms with Crippen LogP contribution in [0.3, 0.4) is 0 Å². The van der Waals surface area contributed by atoms with E-state index in [0.29, 0.717) is 12.7 Å². The van der Waals surface area contributed by atoms with Crippen molar-refractivity contribution < 1.29 is 9.47 Å². The lowest BCUT2D eigenvalue weighted by atomic mass is 10.1. The van der Waals surface area contributed by atoms with Gasteiger partial charge in [0.25, 0.3) is 0 Å². The number of pyridine rings is 1. The summed E-state index contributed by atoms with van der Waals surface area (Å²) in [5, 5.41) is 1.19. The Hall–Kier alpha value is -1.45. The van der Waals surface area contributed by atoms with Gasteiger partial charge in [-0.2, -0.15) is 0 Å². The molecule has 1 unspecified atom stereocenters. The van der Waals surface area contributed by atoms with Gasteiger partial charge in [0.2, 0.25) is 0 Å². The van der Waals surface area contributed by atoms with Crippen LogP contribution in [0.25, 0.3) is 10.9 Å². The van der Waals surface area contributed by atoms with Crippen molar-refractivity contribution in [2.75, 3.05) is 13.2 Å². The summed E-state index contributed by atoms with van der Waals surface area (Å²) in [7, 11) is 0. The normalized spacial score (nSPS) is 18.1. The molecule has 1 atom stereocenters. The van der Waals surface area contributed by atoms with Crippen LogP contribution >= 0.6 is 0 Å². The van der Waals surface area contributed by atoms with E-state index in [1.165, 1.54) is 10.9 Å². The summed E-state index contributed by atoms with van der Waals surface area (Å²) >= 11 is 0. The molecule has 2 aromatic rings. The van der Waals surface area contributed by atoms with Crippen LogP contribution in [0.2, 0.25) is 0 Å². The monoisotopic (exact) mass is 243 g/mol. The third-order valence-electron chi connectivity index (χ3n) is 3.21. The molecule has 1 aromatic heterocycles. The molecule has 2 heterocycles. The zero-order valence-corrected chi connectivity index (χ0v) is 10.3. The maximum Gasteiger partial charge on any atom is 0.0810 e. The number of para-hydroxylation sites is 1. The quantitative estimate of drug-likeness (QED) is 0.578.